The summed E-state index contributed by atoms with van der Waals surface area (Å²) in [7, 11) is 0. The van der Waals surface area contributed by atoms with Crippen LogP contribution in [0.3, 0.4) is 0 Å². The summed E-state index contributed by atoms with van der Waals surface area (Å²) < 4.78 is 0. The SMILES string of the molecule is CC1(CO)CCCN(CCCSCc2ccccc2)C1. The lowest BCUT2D eigenvalue weighted by molar-refractivity contribution is 0.0469. The summed E-state index contributed by atoms with van der Waals surface area (Å²) in [5, 5.41) is 9.47. The van der Waals surface area contributed by atoms with Crippen molar-refractivity contribution in [3.63, 3.8) is 0 Å². The molecule has 0 amide bonds. The smallest absolute Gasteiger partial charge is 0.0497 e. The molecule has 2 rings (SSSR count). The van der Waals surface area contributed by atoms with Crippen molar-refractivity contribution in [2.24, 2.45) is 5.41 Å². The van der Waals surface area contributed by atoms with Crippen molar-refractivity contribution in [3.8, 4) is 0 Å². The van der Waals surface area contributed by atoms with E-state index in [4.69, 9.17) is 0 Å². The number of aliphatic hydroxyl groups excluding tert-OH is 1. The lowest BCUT2D eigenvalue weighted by atomic mass is 9.83. The van der Waals surface area contributed by atoms with Gasteiger partial charge in [0.2, 0.25) is 0 Å². The van der Waals surface area contributed by atoms with Crippen molar-refractivity contribution < 1.29 is 5.11 Å². The topological polar surface area (TPSA) is 23.5 Å². The Morgan fingerprint density at radius 1 is 1.30 bits per heavy atom. The van der Waals surface area contributed by atoms with Gasteiger partial charge in [-0.15, -0.1) is 0 Å². The standard InChI is InChI=1S/C17H27NOS/c1-17(15-19)9-5-10-18(14-17)11-6-12-20-13-16-7-3-2-4-8-16/h2-4,7-8,19H,5-6,9-15H2,1H3. The van der Waals surface area contributed by atoms with Gasteiger partial charge in [-0.1, -0.05) is 37.3 Å². The van der Waals surface area contributed by atoms with Crippen LogP contribution in [0.5, 0.6) is 0 Å². The van der Waals surface area contributed by atoms with E-state index in [9.17, 15) is 5.11 Å². The van der Waals surface area contributed by atoms with Crippen LogP contribution in [0, 0.1) is 5.41 Å². The molecule has 2 nitrogen and oxygen atoms in total. The minimum Gasteiger partial charge on any atom is -0.396 e. The number of rotatable bonds is 7. The van der Waals surface area contributed by atoms with E-state index in [1.54, 1.807) is 0 Å². The summed E-state index contributed by atoms with van der Waals surface area (Å²) >= 11 is 2.02. The van der Waals surface area contributed by atoms with E-state index < -0.39 is 0 Å². The van der Waals surface area contributed by atoms with Gasteiger partial charge in [0.25, 0.3) is 0 Å². The first-order chi connectivity index (χ1) is 9.72. The third kappa shape index (κ3) is 5.12. The molecular formula is C17H27NOS. The fourth-order valence-corrected chi connectivity index (χ4v) is 3.81. The summed E-state index contributed by atoms with van der Waals surface area (Å²) in [4.78, 5) is 2.53. The number of thioether (sulfide) groups is 1. The largest absolute Gasteiger partial charge is 0.396 e. The minimum absolute atomic E-state index is 0.134. The molecule has 1 saturated heterocycles. The number of aliphatic hydroxyl groups is 1. The van der Waals surface area contributed by atoms with Gasteiger partial charge in [0.15, 0.2) is 0 Å². The van der Waals surface area contributed by atoms with Crippen LogP contribution in [-0.4, -0.2) is 42.0 Å². The summed E-state index contributed by atoms with van der Waals surface area (Å²) in [5.41, 5.74) is 1.55. The lowest BCUT2D eigenvalue weighted by Crippen LogP contribution is -2.44. The molecular weight excluding hydrogens is 266 g/mol. The molecule has 1 aliphatic heterocycles. The van der Waals surface area contributed by atoms with Gasteiger partial charge in [-0.2, -0.15) is 11.8 Å². The minimum atomic E-state index is 0.134. The normalized spacial score (nSPS) is 23.9. The van der Waals surface area contributed by atoms with Crippen molar-refractivity contribution in [1.82, 2.24) is 4.90 Å². The van der Waals surface area contributed by atoms with E-state index >= 15 is 0 Å². The summed E-state index contributed by atoms with van der Waals surface area (Å²) in [6, 6.07) is 10.7. The molecule has 0 spiro atoms. The Kier molecular flexibility index (Phi) is 6.40. The second-order valence-corrected chi connectivity index (χ2v) is 7.35. The highest BCUT2D eigenvalue weighted by Crippen LogP contribution is 2.28. The van der Waals surface area contributed by atoms with E-state index in [0.29, 0.717) is 6.61 Å². The molecule has 1 atom stereocenters. The van der Waals surface area contributed by atoms with Crippen LogP contribution < -0.4 is 0 Å². The first kappa shape index (κ1) is 15.9. The molecule has 1 aromatic carbocycles. The molecule has 0 aliphatic carbocycles. The fraction of sp³-hybridized carbons (Fsp3) is 0.647. The number of likely N-dealkylation sites (tertiary alicyclic amines) is 1. The van der Waals surface area contributed by atoms with E-state index in [-0.39, 0.29) is 5.41 Å². The highest BCUT2D eigenvalue weighted by Gasteiger charge is 2.29. The van der Waals surface area contributed by atoms with E-state index in [1.807, 2.05) is 11.8 Å². The van der Waals surface area contributed by atoms with Crippen LogP contribution in [-0.2, 0) is 5.75 Å². The molecule has 0 bridgehead atoms. The van der Waals surface area contributed by atoms with Crippen LogP contribution in [0.4, 0.5) is 0 Å². The number of benzene rings is 1. The van der Waals surface area contributed by atoms with E-state index in [1.165, 1.54) is 43.7 Å². The number of hydrogen-bond donors (Lipinski definition) is 1. The van der Waals surface area contributed by atoms with E-state index in [2.05, 4.69) is 42.2 Å². The molecule has 1 fully saturated rings. The highest BCUT2D eigenvalue weighted by molar-refractivity contribution is 7.98. The monoisotopic (exact) mass is 293 g/mol. The average molecular weight is 293 g/mol. The third-order valence-electron chi connectivity index (χ3n) is 4.12. The Morgan fingerprint density at radius 2 is 2.10 bits per heavy atom. The van der Waals surface area contributed by atoms with Crippen molar-refractivity contribution in [2.45, 2.75) is 31.9 Å². The van der Waals surface area contributed by atoms with Gasteiger partial charge < -0.3 is 10.0 Å². The van der Waals surface area contributed by atoms with Crippen LogP contribution in [0.1, 0.15) is 31.7 Å². The fourth-order valence-electron chi connectivity index (χ4n) is 2.90. The molecule has 20 heavy (non-hydrogen) atoms. The maximum atomic E-state index is 9.47. The Labute approximate surface area is 127 Å². The van der Waals surface area contributed by atoms with Crippen molar-refractivity contribution >= 4 is 11.8 Å². The predicted molar refractivity (Wildman–Crippen MR) is 88.1 cm³/mol. The number of nitrogens with zero attached hydrogens (tertiary/aromatic N) is 1. The van der Waals surface area contributed by atoms with E-state index in [0.717, 1.165) is 12.3 Å². The number of piperidine rings is 1. The molecule has 1 N–H and O–H groups in total. The lowest BCUT2D eigenvalue weighted by Gasteiger charge is -2.39. The molecule has 3 heteroatoms. The molecule has 1 heterocycles. The average Bonchev–Trinajstić information content (AvgIpc) is 2.48. The van der Waals surface area contributed by atoms with Gasteiger partial charge >= 0.3 is 0 Å². The Hall–Kier alpha value is -0.510. The molecule has 1 unspecified atom stereocenters. The molecule has 112 valence electrons. The quantitative estimate of drug-likeness (QED) is 0.779. The maximum absolute atomic E-state index is 9.47. The second-order valence-electron chi connectivity index (χ2n) is 6.24. The van der Waals surface area contributed by atoms with Crippen molar-refractivity contribution in [2.75, 3.05) is 32.0 Å². The van der Waals surface area contributed by atoms with Crippen molar-refractivity contribution in [1.29, 1.82) is 0 Å². The van der Waals surface area contributed by atoms with Crippen LogP contribution >= 0.6 is 11.8 Å². The van der Waals surface area contributed by atoms with Crippen molar-refractivity contribution in [3.05, 3.63) is 35.9 Å². The zero-order valence-corrected chi connectivity index (χ0v) is 13.4. The second kappa shape index (κ2) is 8.06. The Balaban J connectivity index is 1.59. The zero-order chi connectivity index (χ0) is 14.3. The van der Waals surface area contributed by atoms with Gasteiger partial charge in [-0.25, -0.2) is 0 Å². The molecule has 0 radical (unpaired) electrons. The molecule has 0 aromatic heterocycles. The molecule has 0 saturated carbocycles. The molecule has 1 aliphatic rings. The maximum Gasteiger partial charge on any atom is 0.0497 e. The summed E-state index contributed by atoms with van der Waals surface area (Å²) in [6.07, 6.45) is 3.65. The summed E-state index contributed by atoms with van der Waals surface area (Å²) in [6.45, 7) is 5.98. The molecule has 1 aromatic rings. The zero-order valence-electron chi connectivity index (χ0n) is 12.6. The van der Waals surface area contributed by atoms with Gasteiger partial charge in [-0.05, 0) is 43.7 Å². The van der Waals surface area contributed by atoms with Gasteiger partial charge in [0.05, 0.1) is 0 Å². The van der Waals surface area contributed by atoms with Crippen LogP contribution in [0.15, 0.2) is 30.3 Å². The highest BCUT2D eigenvalue weighted by atomic mass is 32.2. The van der Waals surface area contributed by atoms with Gasteiger partial charge in [0.1, 0.15) is 0 Å². The Morgan fingerprint density at radius 3 is 2.85 bits per heavy atom. The van der Waals surface area contributed by atoms with Gasteiger partial charge in [0, 0.05) is 24.3 Å². The summed E-state index contributed by atoms with van der Waals surface area (Å²) in [5.74, 6) is 2.34. The first-order valence-electron chi connectivity index (χ1n) is 7.67. The Bertz CT molecular complexity index is 384. The van der Waals surface area contributed by atoms with Crippen LogP contribution in [0.2, 0.25) is 0 Å². The number of hydrogen-bond acceptors (Lipinski definition) is 3. The van der Waals surface area contributed by atoms with Gasteiger partial charge in [-0.3, -0.25) is 0 Å². The third-order valence-corrected chi connectivity index (χ3v) is 5.23. The predicted octanol–water partition coefficient (Wildman–Crippen LogP) is 3.40. The van der Waals surface area contributed by atoms with Crippen LogP contribution in [0.25, 0.3) is 0 Å². The first-order valence-corrected chi connectivity index (χ1v) is 8.82.